The number of carbonyl (C=O) groups is 1. The first-order chi connectivity index (χ1) is 10.2. The second-order valence-corrected chi connectivity index (χ2v) is 5.25. The molecule has 2 heterocycles. The van der Waals surface area contributed by atoms with Gasteiger partial charge in [0.15, 0.2) is 6.29 Å². The molecule has 0 aliphatic rings. The number of nitrogens with zero attached hydrogens (tertiary/aromatic N) is 2. The van der Waals surface area contributed by atoms with Crippen LogP contribution in [0.3, 0.4) is 0 Å². The molecule has 3 aromatic rings. The third-order valence-electron chi connectivity index (χ3n) is 3.23. The number of pyridine rings is 1. The molecule has 0 aliphatic heterocycles. The molecule has 0 saturated carbocycles. The van der Waals surface area contributed by atoms with Crippen LogP contribution in [0.5, 0.6) is 0 Å². The first-order valence-electron chi connectivity index (χ1n) is 6.82. The number of H-pyrrole nitrogens is 1. The number of hydrogen-bond acceptors (Lipinski definition) is 4. The molecule has 106 valence electrons. The van der Waals surface area contributed by atoms with Crippen molar-refractivity contribution in [1.29, 1.82) is 0 Å². The summed E-state index contributed by atoms with van der Waals surface area (Å²) in [6.45, 7) is 4.17. The Hall–Kier alpha value is -2.69. The Morgan fingerprint density at radius 3 is 2.81 bits per heavy atom. The molecule has 0 radical (unpaired) electrons. The molecule has 1 aromatic carbocycles. The highest BCUT2D eigenvalue weighted by molar-refractivity contribution is 5.97. The van der Waals surface area contributed by atoms with E-state index in [1.54, 1.807) is 6.20 Å². The van der Waals surface area contributed by atoms with Crippen LogP contribution in [0.4, 0.5) is 5.69 Å². The van der Waals surface area contributed by atoms with E-state index in [4.69, 9.17) is 0 Å². The van der Waals surface area contributed by atoms with E-state index in [0.29, 0.717) is 11.7 Å². The van der Waals surface area contributed by atoms with Crippen LogP contribution in [0.25, 0.3) is 22.0 Å². The molecule has 2 aromatic heterocycles. The number of fused-ring (bicyclic) bond motifs is 1. The summed E-state index contributed by atoms with van der Waals surface area (Å²) in [4.78, 5) is 15.3. The monoisotopic (exact) mass is 280 g/mol. The van der Waals surface area contributed by atoms with E-state index < -0.39 is 0 Å². The number of aromatic nitrogens is 3. The van der Waals surface area contributed by atoms with Crippen molar-refractivity contribution in [1.82, 2.24) is 15.2 Å². The van der Waals surface area contributed by atoms with E-state index >= 15 is 0 Å². The van der Waals surface area contributed by atoms with E-state index in [-0.39, 0.29) is 0 Å². The lowest BCUT2D eigenvalue weighted by Gasteiger charge is -2.10. The fraction of sp³-hybridized carbons (Fsp3) is 0.188. The summed E-state index contributed by atoms with van der Waals surface area (Å²) in [5, 5.41) is 11.0. The van der Waals surface area contributed by atoms with E-state index in [1.165, 1.54) is 0 Å². The molecule has 0 spiro atoms. The summed E-state index contributed by atoms with van der Waals surface area (Å²) in [5.74, 6) is 0. The van der Waals surface area contributed by atoms with Gasteiger partial charge in [-0.15, -0.1) is 0 Å². The summed E-state index contributed by atoms with van der Waals surface area (Å²) in [6.07, 6.45) is 4.40. The molecular formula is C16H16N4O. The van der Waals surface area contributed by atoms with E-state index in [9.17, 15) is 4.79 Å². The van der Waals surface area contributed by atoms with Crippen molar-refractivity contribution in [2.75, 3.05) is 5.32 Å². The summed E-state index contributed by atoms with van der Waals surface area (Å²) in [5.41, 5.74) is 4.26. The Morgan fingerprint density at radius 2 is 2.05 bits per heavy atom. The van der Waals surface area contributed by atoms with Gasteiger partial charge < -0.3 is 5.32 Å². The molecule has 0 atom stereocenters. The maximum absolute atomic E-state index is 11.0. The van der Waals surface area contributed by atoms with Crippen molar-refractivity contribution in [3.63, 3.8) is 0 Å². The Bertz CT molecular complexity index is 792. The molecule has 3 rings (SSSR count). The van der Waals surface area contributed by atoms with Gasteiger partial charge in [-0.3, -0.25) is 14.9 Å². The zero-order valence-corrected chi connectivity index (χ0v) is 11.9. The second-order valence-electron chi connectivity index (χ2n) is 5.25. The van der Waals surface area contributed by atoms with Crippen LogP contribution in [0, 0.1) is 0 Å². The van der Waals surface area contributed by atoms with Gasteiger partial charge in [0, 0.05) is 29.4 Å². The van der Waals surface area contributed by atoms with Gasteiger partial charge in [0.25, 0.3) is 0 Å². The predicted octanol–water partition coefficient (Wildman–Crippen LogP) is 3.26. The van der Waals surface area contributed by atoms with Gasteiger partial charge in [-0.2, -0.15) is 5.10 Å². The highest BCUT2D eigenvalue weighted by Crippen LogP contribution is 2.26. The van der Waals surface area contributed by atoms with Crippen molar-refractivity contribution < 1.29 is 4.79 Å². The number of hydrogen-bond donors (Lipinski definition) is 2. The van der Waals surface area contributed by atoms with Crippen LogP contribution in [-0.2, 0) is 0 Å². The summed E-state index contributed by atoms with van der Waals surface area (Å²) < 4.78 is 0. The quantitative estimate of drug-likeness (QED) is 0.720. The standard InChI is InChI=1S/C16H16N4O/c1-10(2)18-13-5-12(7-17-8-13)11-3-4-15-14(6-11)16(9-21)20-19-15/h3-10,18H,1-2H3,(H,19,20). The molecule has 21 heavy (non-hydrogen) atoms. The fourth-order valence-corrected chi connectivity index (χ4v) is 2.31. The lowest BCUT2D eigenvalue weighted by molar-refractivity contribution is 0.112. The molecule has 0 unspecified atom stereocenters. The zero-order chi connectivity index (χ0) is 14.8. The number of nitrogens with one attached hydrogen (secondary N) is 2. The maximum atomic E-state index is 11.0. The topological polar surface area (TPSA) is 70.7 Å². The molecule has 2 N–H and O–H groups in total. The summed E-state index contributed by atoms with van der Waals surface area (Å²) in [7, 11) is 0. The largest absolute Gasteiger partial charge is 0.382 e. The molecular weight excluding hydrogens is 264 g/mol. The van der Waals surface area contributed by atoms with Gasteiger partial charge >= 0.3 is 0 Å². The lowest BCUT2D eigenvalue weighted by atomic mass is 10.0. The Balaban J connectivity index is 2.05. The summed E-state index contributed by atoms with van der Waals surface area (Å²) in [6, 6.07) is 8.23. The van der Waals surface area contributed by atoms with E-state index in [2.05, 4.69) is 40.4 Å². The van der Waals surface area contributed by atoms with Gasteiger partial charge in [0.2, 0.25) is 0 Å². The first kappa shape index (κ1) is 13.3. The highest BCUT2D eigenvalue weighted by atomic mass is 16.1. The van der Waals surface area contributed by atoms with E-state index in [1.807, 2.05) is 24.4 Å². The van der Waals surface area contributed by atoms with Gasteiger partial charge in [-0.05, 0) is 37.6 Å². The van der Waals surface area contributed by atoms with Crippen LogP contribution in [0.2, 0.25) is 0 Å². The second kappa shape index (κ2) is 5.36. The van der Waals surface area contributed by atoms with Gasteiger partial charge in [-0.1, -0.05) is 6.07 Å². The van der Waals surface area contributed by atoms with Crippen LogP contribution < -0.4 is 5.32 Å². The van der Waals surface area contributed by atoms with E-state index in [0.717, 1.165) is 34.0 Å². The van der Waals surface area contributed by atoms with Gasteiger partial charge in [0.05, 0.1) is 11.2 Å². The van der Waals surface area contributed by atoms with Crippen LogP contribution >= 0.6 is 0 Å². The number of benzene rings is 1. The SMILES string of the molecule is CC(C)Nc1cncc(-c2ccc3n[nH]c(C=O)c3c2)c1. The number of aromatic amines is 1. The first-order valence-corrected chi connectivity index (χ1v) is 6.82. The third kappa shape index (κ3) is 2.63. The normalized spacial score (nSPS) is 11.0. The van der Waals surface area contributed by atoms with Gasteiger partial charge in [-0.25, -0.2) is 0 Å². The molecule has 0 fully saturated rings. The predicted molar refractivity (Wildman–Crippen MR) is 83.5 cm³/mol. The number of anilines is 1. The molecule has 5 heteroatoms. The molecule has 5 nitrogen and oxygen atoms in total. The molecule has 0 bridgehead atoms. The molecule has 0 amide bonds. The highest BCUT2D eigenvalue weighted by Gasteiger charge is 2.07. The third-order valence-corrected chi connectivity index (χ3v) is 3.23. The minimum atomic E-state index is 0.347. The minimum absolute atomic E-state index is 0.347. The van der Waals surface area contributed by atoms with Crippen LogP contribution in [-0.4, -0.2) is 27.5 Å². The Morgan fingerprint density at radius 1 is 1.19 bits per heavy atom. The number of carbonyl (C=O) groups excluding carboxylic acids is 1. The lowest BCUT2D eigenvalue weighted by Crippen LogP contribution is -2.09. The van der Waals surface area contributed by atoms with Crippen LogP contribution in [0.1, 0.15) is 24.3 Å². The van der Waals surface area contributed by atoms with Crippen molar-refractivity contribution in [3.8, 4) is 11.1 Å². The van der Waals surface area contributed by atoms with Crippen molar-refractivity contribution >= 4 is 22.9 Å². The maximum Gasteiger partial charge on any atom is 0.168 e. The average molecular weight is 280 g/mol. The Labute approximate surface area is 122 Å². The smallest absolute Gasteiger partial charge is 0.168 e. The van der Waals surface area contributed by atoms with Gasteiger partial charge in [0.1, 0.15) is 5.69 Å². The Kier molecular flexibility index (Phi) is 3.39. The molecule has 0 aliphatic carbocycles. The van der Waals surface area contributed by atoms with Crippen molar-refractivity contribution in [2.45, 2.75) is 19.9 Å². The van der Waals surface area contributed by atoms with Crippen LogP contribution in [0.15, 0.2) is 36.7 Å². The fourth-order valence-electron chi connectivity index (χ4n) is 2.31. The van der Waals surface area contributed by atoms with Crippen molar-refractivity contribution in [3.05, 3.63) is 42.4 Å². The zero-order valence-electron chi connectivity index (χ0n) is 11.9. The number of aldehydes is 1. The summed E-state index contributed by atoms with van der Waals surface area (Å²) >= 11 is 0. The minimum Gasteiger partial charge on any atom is -0.382 e. The molecule has 0 saturated heterocycles. The average Bonchev–Trinajstić information content (AvgIpc) is 2.89. The van der Waals surface area contributed by atoms with Crippen molar-refractivity contribution in [2.24, 2.45) is 0 Å². The number of rotatable bonds is 4.